The first kappa shape index (κ1) is 99.1. The fraction of sp³-hybridized carbons (Fsp3) is 0.951. The van der Waals surface area contributed by atoms with E-state index in [1.54, 1.807) is 0 Å². The Hall–Kier alpha value is -1.94. The van der Waals surface area contributed by atoms with Gasteiger partial charge in [-0.15, -0.1) is 0 Å². The Morgan fingerprint density at radius 1 is 0.277 bits per heavy atom. The summed E-state index contributed by atoms with van der Waals surface area (Å²) in [6.07, 6.45) is 66.5. The summed E-state index contributed by atoms with van der Waals surface area (Å²) in [5.74, 6) is -1.33. The second-order valence-corrected chi connectivity index (χ2v) is 32.7. The quantitative estimate of drug-likeness (QED) is 0.0222. The average molecular weight is 1480 g/mol. The highest BCUT2D eigenvalue weighted by Crippen LogP contribution is 2.45. The van der Waals surface area contributed by atoms with Crippen LogP contribution in [-0.4, -0.2) is 96.7 Å². The summed E-state index contributed by atoms with van der Waals surface area (Å²) in [7, 11) is -9.92. The Labute approximate surface area is 619 Å². The number of hydrogen-bond donors (Lipinski definition) is 3. The van der Waals surface area contributed by atoms with Crippen molar-refractivity contribution in [3.63, 3.8) is 0 Å². The maximum atomic E-state index is 13.1. The van der Waals surface area contributed by atoms with Gasteiger partial charge in [0.15, 0.2) is 12.2 Å². The van der Waals surface area contributed by atoms with E-state index in [0.29, 0.717) is 25.7 Å². The number of hydrogen-bond acceptors (Lipinski definition) is 15. The van der Waals surface area contributed by atoms with Gasteiger partial charge in [0.1, 0.15) is 19.3 Å². The third kappa shape index (κ3) is 74.7. The molecule has 0 fully saturated rings. The molecule has 0 aliphatic carbocycles. The van der Waals surface area contributed by atoms with Gasteiger partial charge in [-0.3, -0.25) is 37.3 Å². The second kappa shape index (κ2) is 74.9. The molecule has 6 atom stereocenters. The van der Waals surface area contributed by atoms with Crippen LogP contribution in [0.15, 0.2) is 0 Å². The molecule has 3 N–H and O–H groups in total. The molecule has 0 spiro atoms. The molecule has 0 amide bonds. The topological polar surface area (TPSA) is 237 Å². The van der Waals surface area contributed by atoms with Crippen LogP contribution in [0.5, 0.6) is 0 Å². The van der Waals surface area contributed by atoms with Crippen LogP contribution in [0.25, 0.3) is 0 Å². The molecule has 0 bridgehead atoms. The van der Waals surface area contributed by atoms with E-state index in [1.807, 2.05) is 0 Å². The average Bonchev–Trinajstić information content (AvgIpc) is 1.10. The number of ether oxygens (including phenoxy) is 4. The van der Waals surface area contributed by atoms with Crippen molar-refractivity contribution in [2.45, 2.75) is 457 Å². The summed E-state index contributed by atoms with van der Waals surface area (Å²) in [6, 6.07) is 0. The number of phosphoric ester groups is 2. The second-order valence-electron chi connectivity index (χ2n) is 29.8. The first-order chi connectivity index (χ1) is 49.1. The highest BCUT2D eigenvalue weighted by atomic mass is 31.2. The summed E-state index contributed by atoms with van der Waals surface area (Å²) in [5, 5.41) is 10.7. The highest BCUT2D eigenvalue weighted by molar-refractivity contribution is 7.47. The van der Waals surface area contributed by atoms with E-state index in [0.717, 1.165) is 95.8 Å². The zero-order chi connectivity index (χ0) is 74.1. The summed E-state index contributed by atoms with van der Waals surface area (Å²) >= 11 is 0. The van der Waals surface area contributed by atoms with Crippen LogP contribution in [-0.2, 0) is 65.4 Å². The van der Waals surface area contributed by atoms with E-state index in [-0.39, 0.29) is 25.7 Å². The standard InChI is InChI=1S/C82H160O17P2/c1-6-10-13-16-19-22-25-28-31-32-33-34-35-37-40-43-46-53-58-63-68-82(87)98-77(71-92-79(84)65-60-55-50-44-41-39-36-29-26-23-20-17-14-11-7-2)73-96-100(88,89)94-69-76(83)70-95-101(90,91)97-74-78(72-93-80(85)66-61-56-51-48-47-49-54-59-64-75(5)9-4)99-81(86)67-62-57-52-45-42-38-30-27-24-21-18-15-12-8-3/h75-78,83H,6-74H2,1-5H3,(H,88,89)(H,90,91)/t75?,76-,77-,78-/m1/s1. The van der Waals surface area contributed by atoms with Crippen molar-refractivity contribution in [3.8, 4) is 0 Å². The molecule has 0 aliphatic rings. The lowest BCUT2D eigenvalue weighted by molar-refractivity contribution is -0.161. The van der Waals surface area contributed by atoms with E-state index in [2.05, 4.69) is 34.6 Å². The van der Waals surface area contributed by atoms with Gasteiger partial charge in [0.2, 0.25) is 0 Å². The van der Waals surface area contributed by atoms with Gasteiger partial charge in [-0.05, 0) is 31.6 Å². The Kier molecular flexibility index (Phi) is 73.5. The van der Waals surface area contributed by atoms with Crippen LogP contribution in [0.4, 0.5) is 0 Å². The minimum atomic E-state index is -4.96. The minimum Gasteiger partial charge on any atom is -0.462 e. The molecule has 3 unspecified atom stereocenters. The lowest BCUT2D eigenvalue weighted by Gasteiger charge is -2.21. The molecule has 0 aromatic heterocycles. The van der Waals surface area contributed by atoms with Crippen molar-refractivity contribution in [1.82, 2.24) is 0 Å². The monoisotopic (exact) mass is 1480 g/mol. The van der Waals surface area contributed by atoms with Crippen molar-refractivity contribution in [1.29, 1.82) is 0 Å². The number of phosphoric acid groups is 2. The molecule has 0 aromatic carbocycles. The summed E-state index contributed by atoms with van der Waals surface area (Å²) in [6.45, 7) is 7.35. The molecule has 19 heteroatoms. The number of unbranched alkanes of at least 4 members (excludes halogenated alkanes) is 53. The molecule has 0 aliphatic heterocycles. The summed E-state index contributed by atoms with van der Waals surface area (Å²) < 4.78 is 68.8. The number of rotatable bonds is 82. The van der Waals surface area contributed by atoms with Crippen molar-refractivity contribution in [2.24, 2.45) is 5.92 Å². The first-order valence-corrected chi connectivity index (χ1v) is 45.7. The van der Waals surface area contributed by atoms with Crippen LogP contribution in [0.1, 0.15) is 439 Å². The van der Waals surface area contributed by atoms with Gasteiger partial charge in [0.05, 0.1) is 26.4 Å². The molecule has 17 nitrogen and oxygen atoms in total. The normalized spacial score (nSPS) is 14.1. The SMILES string of the molecule is CCCCCCCCCCCCCCCCCCCCCCC(=O)O[C@H](COC(=O)CCCCCCCCCCCCCCCCC)COP(=O)(O)OC[C@@H](O)COP(=O)(O)OC[C@@H](COC(=O)CCCCCCCCCCC(C)CC)OC(=O)CCCCCCCCCCCCCCCC. The molecular weight excluding hydrogens is 1320 g/mol. The van der Waals surface area contributed by atoms with E-state index in [4.69, 9.17) is 37.0 Å². The first-order valence-electron chi connectivity index (χ1n) is 42.7. The number of carbonyl (C=O) groups is 4. The van der Waals surface area contributed by atoms with E-state index < -0.39 is 97.5 Å². The Balaban J connectivity index is 5.25. The number of aliphatic hydroxyl groups is 1. The van der Waals surface area contributed by atoms with Gasteiger partial charge < -0.3 is 33.8 Å². The zero-order valence-electron chi connectivity index (χ0n) is 66.1. The number of carbonyl (C=O) groups excluding carboxylic acids is 4. The summed E-state index contributed by atoms with van der Waals surface area (Å²) in [4.78, 5) is 73.1. The van der Waals surface area contributed by atoms with Crippen LogP contribution in [0.2, 0.25) is 0 Å². The van der Waals surface area contributed by atoms with Gasteiger partial charge in [-0.25, -0.2) is 9.13 Å². The molecular formula is C82H160O17P2. The fourth-order valence-electron chi connectivity index (χ4n) is 12.7. The Morgan fingerprint density at radius 2 is 0.475 bits per heavy atom. The maximum Gasteiger partial charge on any atom is 0.472 e. The van der Waals surface area contributed by atoms with E-state index in [1.165, 1.54) is 263 Å². The van der Waals surface area contributed by atoms with Crippen molar-refractivity contribution in [2.75, 3.05) is 39.6 Å². The smallest absolute Gasteiger partial charge is 0.462 e. The third-order valence-corrected chi connectivity index (χ3v) is 21.5. The molecule has 0 saturated carbocycles. The molecule has 0 aromatic rings. The fourth-order valence-corrected chi connectivity index (χ4v) is 14.3. The molecule has 600 valence electrons. The van der Waals surface area contributed by atoms with Crippen LogP contribution < -0.4 is 0 Å². The molecule has 0 radical (unpaired) electrons. The molecule has 0 rings (SSSR count). The minimum absolute atomic E-state index is 0.108. The number of aliphatic hydroxyl groups excluding tert-OH is 1. The van der Waals surface area contributed by atoms with Crippen LogP contribution >= 0.6 is 15.6 Å². The summed E-state index contributed by atoms with van der Waals surface area (Å²) in [5.41, 5.74) is 0. The molecule has 101 heavy (non-hydrogen) atoms. The largest absolute Gasteiger partial charge is 0.472 e. The lowest BCUT2D eigenvalue weighted by Crippen LogP contribution is -2.30. The third-order valence-electron chi connectivity index (χ3n) is 19.6. The maximum absolute atomic E-state index is 13.1. The lowest BCUT2D eigenvalue weighted by atomic mass is 9.99. The predicted octanol–water partition coefficient (Wildman–Crippen LogP) is 24.8. The Morgan fingerprint density at radius 3 is 0.703 bits per heavy atom. The van der Waals surface area contributed by atoms with E-state index in [9.17, 15) is 43.2 Å². The zero-order valence-corrected chi connectivity index (χ0v) is 67.8. The van der Waals surface area contributed by atoms with Crippen molar-refractivity contribution >= 4 is 39.5 Å². The molecule has 0 saturated heterocycles. The van der Waals surface area contributed by atoms with E-state index >= 15 is 0 Å². The highest BCUT2D eigenvalue weighted by Gasteiger charge is 2.30. The van der Waals surface area contributed by atoms with Crippen molar-refractivity contribution < 1.29 is 80.2 Å². The predicted molar refractivity (Wildman–Crippen MR) is 414 cm³/mol. The Bertz CT molecular complexity index is 1930. The number of esters is 4. The van der Waals surface area contributed by atoms with Gasteiger partial charge in [0, 0.05) is 25.7 Å². The van der Waals surface area contributed by atoms with Crippen LogP contribution in [0.3, 0.4) is 0 Å². The van der Waals surface area contributed by atoms with Crippen molar-refractivity contribution in [3.05, 3.63) is 0 Å². The van der Waals surface area contributed by atoms with Gasteiger partial charge >= 0.3 is 39.5 Å². The van der Waals surface area contributed by atoms with Crippen LogP contribution in [0, 0.1) is 5.92 Å². The van der Waals surface area contributed by atoms with Gasteiger partial charge in [-0.2, -0.15) is 0 Å². The molecule has 0 heterocycles. The van der Waals surface area contributed by atoms with Gasteiger partial charge in [-0.1, -0.05) is 388 Å². The van der Waals surface area contributed by atoms with Gasteiger partial charge in [0.25, 0.3) is 0 Å².